The molecular formula is C27H32N4O2S. The highest BCUT2D eigenvalue weighted by molar-refractivity contribution is 8.00. The Morgan fingerprint density at radius 3 is 2.41 bits per heavy atom. The minimum Gasteiger partial charge on any atom is -0.339 e. The van der Waals surface area contributed by atoms with Crippen LogP contribution >= 0.6 is 11.8 Å². The SMILES string of the molecule is C[C@H](Sc1nc2ccccc2c(=O)n1C1CCCC1)C(=O)N1CCN(Cc2ccccc2)CC1. The molecule has 6 nitrogen and oxygen atoms in total. The van der Waals surface area contributed by atoms with E-state index in [2.05, 4.69) is 29.2 Å². The van der Waals surface area contributed by atoms with Gasteiger partial charge >= 0.3 is 0 Å². The number of para-hydroxylation sites is 1. The van der Waals surface area contributed by atoms with Crippen LogP contribution in [0.5, 0.6) is 0 Å². The van der Waals surface area contributed by atoms with Crippen molar-refractivity contribution >= 4 is 28.6 Å². The van der Waals surface area contributed by atoms with Gasteiger partial charge in [0.05, 0.1) is 16.2 Å². The fourth-order valence-corrected chi connectivity index (χ4v) is 6.19. The van der Waals surface area contributed by atoms with Crippen molar-refractivity contribution in [3.05, 3.63) is 70.5 Å². The summed E-state index contributed by atoms with van der Waals surface area (Å²) < 4.78 is 1.88. The van der Waals surface area contributed by atoms with E-state index < -0.39 is 0 Å². The molecule has 7 heteroatoms. The molecule has 3 aromatic rings. The van der Waals surface area contributed by atoms with Crippen LogP contribution in [0.3, 0.4) is 0 Å². The van der Waals surface area contributed by atoms with Crippen LogP contribution in [0.25, 0.3) is 10.9 Å². The van der Waals surface area contributed by atoms with Crippen molar-refractivity contribution < 1.29 is 4.79 Å². The minimum atomic E-state index is -0.290. The van der Waals surface area contributed by atoms with E-state index in [1.54, 1.807) is 0 Å². The molecule has 0 spiro atoms. The van der Waals surface area contributed by atoms with Crippen LogP contribution < -0.4 is 5.56 Å². The molecule has 0 unspecified atom stereocenters. The maximum Gasteiger partial charge on any atom is 0.262 e. The van der Waals surface area contributed by atoms with E-state index in [1.807, 2.05) is 46.7 Å². The third kappa shape index (κ3) is 4.91. The largest absolute Gasteiger partial charge is 0.339 e. The Kier molecular flexibility index (Phi) is 7.02. The zero-order valence-electron chi connectivity index (χ0n) is 19.7. The van der Waals surface area contributed by atoms with Crippen molar-refractivity contribution in [3.63, 3.8) is 0 Å². The van der Waals surface area contributed by atoms with Gasteiger partial charge in [-0.3, -0.25) is 19.1 Å². The first-order chi connectivity index (χ1) is 16.6. The molecule has 0 bridgehead atoms. The fraction of sp³-hybridized carbons (Fsp3) is 0.444. The lowest BCUT2D eigenvalue weighted by Gasteiger charge is -2.36. The first kappa shape index (κ1) is 23.1. The number of hydrogen-bond donors (Lipinski definition) is 0. The predicted octanol–water partition coefficient (Wildman–Crippen LogP) is 4.34. The quantitative estimate of drug-likeness (QED) is 0.391. The summed E-state index contributed by atoms with van der Waals surface area (Å²) in [5, 5.41) is 1.05. The Morgan fingerprint density at radius 2 is 1.68 bits per heavy atom. The number of carbonyl (C=O) groups is 1. The third-order valence-corrected chi connectivity index (χ3v) is 8.08. The van der Waals surface area contributed by atoms with Crippen molar-refractivity contribution in [3.8, 4) is 0 Å². The fourth-order valence-electron chi connectivity index (χ4n) is 5.13. The van der Waals surface area contributed by atoms with E-state index in [0.29, 0.717) is 16.1 Å². The Balaban J connectivity index is 1.29. The van der Waals surface area contributed by atoms with E-state index in [0.717, 1.165) is 58.4 Å². The topological polar surface area (TPSA) is 58.4 Å². The van der Waals surface area contributed by atoms with E-state index in [9.17, 15) is 9.59 Å². The standard InChI is InChI=1S/C27H32N4O2S/c1-20(25(32)30-17-15-29(16-18-30)19-21-9-3-2-4-10-21)34-27-28-24-14-8-7-13-23(24)26(33)31(27)22-11-5-6-12-22/h2-4,7-10,13-14,20,22H,5-6,11-12,15-19H2,1H3/t20-/m0/s1. The predicted molar refractivity (Wildman–Crippen MR) is 137 cm³/mol. The van der Waals surface area contributed by atoms with Crippen LogP contribution in [0.1, 0.15) is 44.2 Å². The van der Waals surface area contributed by atoms with Crippen LogP contribution in [-0.4, -0.2) is 56.7 Å². The van der Waals surface area contributed by atoms with Gasteiger partial charge in [0.2, 0.25) is 5.91 Å². The summed E-state index contributed by atoms with van der Waals surface area (Å²) in [4.78, 5) is 35.9. The number of thioether (sulfide) groups is 1. The Bertz CT molecular complexity index is 1200. The Morgan fingerprint density at radius 1 is 1.00 bits per heavy atom. The molecule has 1 saturated heterocycles. The zero-order valence-corrected chi connectivity index (χ0v) is 20.5. The maximum atomic E-state index is 13.4. The smallest absolute Gasteiger partial charge is 0.262 e. The van der Waals surface area contributed by atoms with Crippen LogP contribution in [-0.2, 0) is 11.3 Å². The first-order valence-corrected chi connectivity index (χ1v) is 13.2. The number of rotatable bonds is 6. The summed E-state index contributed by atoms with van der Waals surface area (Å²) in [6, 6.07) is 18.2. The molecule has 178 valence electrons. The molecule has 1 aliphatic heterocycles. The van der Waals surface area contributed by atoms with E-state index in [-0.39, 0.29) is 22.8 Å². The van der Waals surface area contributed by atoms with Crippen molar-refractivity contribution in [2.45, 2.75) is 55.6 Å². The normalized spacial score (nSPS) is 18.4. The number of benzene rings is 2. The lowest BCUT2D eigenvalue weighted by Crippen LogP contribution is -2.50. The van der Waals surface area contributed by atoms with E-state index in [1.165, 1.54) is 17.3 Å². The van der Waals surface area contributed by atoms with Gasteiger partial charge in [-0.05, 0) is 37.5 Å². The van der Waals surface area contributed by atoms with Gasteiger partial charge in [-0.15, -0.1) is 0 Å². The lowest BCUT2D eigenvalue weighted by molar-refractivity contribution is -0.132. The van der Waals surface area contributed by atoms with Crippen LogP contribution in [0.2, 0.25) is 0 Å². The zero-order chi connectivity index (χ0) is 23.5. The number of fused-ring (bicyclic) bond motifs is 1. The van der Waals surface area contributed by atoms with Gasteiger partial charge in [0.25, 0.3) is 5.56 Å². The molecule has 2 heterocycles. The highest BCUT2D eigenvalue weighted by Crippen LogP contribution is 2.33. The number of carbonyl (C=O) groups excluding carboxylic acids is 1. The average molecular weight is 477 g/mol. The van der Waals surface area contributed by atoms with Gasteiger partial charge in [-0.2, -0.15) is 0 Å². The van der Waals surface area contributed by atoms with Gasteiger partial charge < -0.3 is 4.90 Å². The van der Waals surface area contributed by atoms with Crippen molar-refractivity contribution in [2.75, 3.05) is 26.2 Å². The van der Waals surface area contributed by atoms with Crippen molar-refractivity contribution in [1.29, 1.82) is 0 Å². The second kappa shape index (κ2) is 10.3. The molecular weight excluding hydrogens is 444 g/mol. The number of aromatic nitrogens is 2. The molecule has 2 aromatic carbocycles. The molecule has 2 fully saturated rings. The van der Waals surface area contributed by atoms with Gasteiger partial charge in [0, 0.05) is 38.8 Å². The Hall–Kier alpha value is -2.64. The highest BCUT2D eigenvalue weighted by atomic mass is 32.2. The molecule has 1 aromatic heterocycles. The van der Waals surface area contributed by atoms with Crippen LogP contribution in [0, 0.1) is 0 Å². The summed E-state index contributed by atoms with van der Waals surface area (Å²) in [6.45, 7) is 6.08. The van der Waals surface area contributed by atoms with E-state index >= 15 is 0 Å². The molecule has 1 aliphatic carbocycles. The lowest BCUT2D eigenvalue weighted by atomic mass is 10.2. The number of hydrogen-bond acceptors (Lipinski definition) is 5. The number of piperazine rings is 1. The minimum absolute atomic E-state index is 0.0224. The molecule has 0 radical (unpaired) electrons. The monoisotopic (exact) mass is 476 g/mol. The first-order valence-electron chi connectivity index (χ1n) is 12.3. The second-order valence-electron chi connectivity index (χ2n) is 9.37. The highest BCUT2D eigenvalue weighted by Gasteiger charge is 2.29. The second-order valence-corrected chi connectivity index (χ2v) is 10.7. The summed E-state index contributed by atoms with van der Waals surface area (Å²) >= 11 is 1.44. The average Bonchev–Trinajstić information content (AvgIpc) is 3.39. The summed E-state index contributed by atoms with van der Waals surface area (Å²) in [5.41, 5.74) is 2.03. The van der Waals surface area contributed by atoms with Crippen LogP contribution in [0.15, 0.2) is 64.5 Å². The summed E-state index contributed by atoms with van der Waals surface area (Å²) in [7, 11) is 0. The van der Waals surface area contributed by atoms with Gasteiger partial charge in [-0.25, -0.2) is 4.98 Å². The Labute approximate surface area is 205 Å². The van der Waals surface area contributed by atoms with Gasteiger partial charge in [0.1, 0.15) is 0 Å². The van der Waals surface area contributed by atoms with Gasteiger partial charge in [0.15, 0.2) is 5.16 Å². The molecule has 1 atom stereocenters. The number of amides is 1. The van der Waals surface area contributed by atoms with Gasteiger partial charge in [-0.1, -0.05) is 67.1 Å². The third-order valence-electron chi connectivity index (χ3n) is 7.03. The molecule has 1 saturated carbocycles. The molecule has 34 heavy (non-hydrogen) atoms. The van der Waals surface area contributed by atoms with Crippen LogP contribution in [0.4, 0.5) is 0 Å². The van der Waals surface area contributed by atoms with E-state index in [4.69, 9.17) is 4.98 Å². The molecule has 1 amide bonds. The molecule has 0 N–H and O–H groups in total. The maximum absolute atomic E-state index is 13.4. The molecule has 5 rings (SSSR count). The van der Waals surface area contributed by atoms with Crippen molar-refractivity contribution in [1.82, 2.24) is 19.4 Å². The molecule has 2 aliphatic rings. The number of nitrogens with zero attached hydrogens (tertiary/aromatic N) is 4. The summed E-state index contributed by atoms with van der Waals surface area (Å²) in [5.74, 6) is 0.129. The van der Waals surface area contributed by atoms with Crippen molar-refractivity contribution in [2.24, 2.45) is 0 Å². The summed E-state index contributed by atoms with van der Waals surface area (Å²) in [6.07, 6.45) is 4.27.